The molecule has 0 spiro atoms. The van der Waals surface area contributed by atoms with Gasteiger partial charge in [-0.05, 0) is 53.9 Å². The molecule has 3 rings (SSSR count). The van der Waals surface area contributed by atoms with Crippen molar-refractivity contribution >= 4 is 8.32 Å². The van der Waals surface area contributed by atoms with E-state index in [4.69, 9.17) is 4.43 Å². The van der Waals surface area contributed by atoms with Crippen LogP contribution in [-0.4, -0.2) is 8.32 Å². The molecule has 2 nitrogen and oxygen atoms in total. The summed E-state index contributed by atoms with van der Waals surface area (Å²) in [6.45, 7) is 6.33. The van der Waals surface area contributed by atoms with Gasteiger partial charge in [0.15, 0.2) is 14.4 Å². The summed E-state index contributed by atoms with van der Waals surface area (Å²) >= 11 is 0. The topological polar surface area (TPSA) is 33.0 Å². The van der Waals surface area contributed by atoms with Crippen molar-refractivity contribution in [2.24, 2.45) is 0 Å². The Morgan fingerprint density at radius 2 is 1.76 bits per heavy atom. The average Bonchev–Trinajstić information content (AvgIpc) is 2.81. The molecule has 0 aromatic heterocycles. The molecule has 0 amide bonds. The Labute approximate surface area is 127 Å². The van der Waals surface area contributed by atoms with Crippen molar-refractivity contribution in [1.82, 2.24) is 0 Å². The zero-order valence-electron chi connectivity index (χ0n) is 12.7. The van der Waals surface area contributed by atoms with Gasteiger partial charge < -0.3 is 4.43 Å². The van der Waals surface area contributed by atoms with Crippen LogP contribution in [0.15, 0.2) is 42.5 Å². The normalized spacial score (nSPS) is 14.2. The molecular weight excluding hydrogens is 274 g/mol. The summed E-state index contributed by atoms with van der Waals surface area (Å²) in [5, 5.41) is 9.41. The van der Waals surface area contributed by atoms with Gasteiger partial charge in [-0.1, -0.05) is 42.5 Å². The van der Waals surface area contributed by atoms with E-state index < -0.39 is 14.4 Å². The molecule has 106 valence electrons. The summed E-state index contributed by atoms with van der Waals surface area (Å²) in [6.07, 6.45) is 0.496. The number of nitriles is 1. The molecule has 0 heterocycles. The molecule has 0 N–H and O–H groups in total. The maximum atomic E-state index is 9.41. The molecular formula is C18H19NOSi. The van der Waals surface area contributed by atoms with Crippen molar-refractivity contribution in [2.45, 2.75) is 32.2 Å². The lowest BCUT2D eigenvalue weighted by Gasteiger charge is -2.22. The van der Waals surface area contributed by atoms with Crippen LogP contribution in [0.1, 0.15) is 22.8 Å². The van der Waals surface area contributed by atoms with Gasteiger partial charge in [-0.25, -0.2) is 0 Å². The Bertz CT molecular complexity index is 725. The third kappa shape index (κ3) is 2.78. The van der Waals surface area contributed by atoms with Crippen LogP contribution in [0.5, 0.6) is 0 Å². The number of rotatable bonds is 3. The molecule has 2 aromatic carbocycles. The molecule has 0 bridgehead atoms. The highest BCUT2D eigenvalue weighted by molar-refractivity contribution is 6.69. The van der Waals surface area contributed by atoms with Gasteiger partial charge in [0.1, 0.15) is 0 Å². The molecule has 3 heteroatoms. The van der Waals surface area contributed by atoms with E-state index in [1.54, 1.807) is 0 Å². The van der Waals surface area contributed by atoms with E-state index >= 15 is 0 Å². The predicted octanol–water partition coefficient (Wildman–Crippen LogP) is 4.67. The minimum Gasteiger partial charge on any atom is -0.399 e. The second-order valence-corrected chi connectivity index (χ2v) is 11.0. The predicted molar refractivity (Wildman–Crippen MR) is 87.5 cm³/mol. The minimum atomic E-state index is -1.74. The molecule has 0 aliphatic heterocycles. The van der Waals surface area contributed by atoms with E-state index in [0.717, 1.165) is 12.0 Å². The number of nitrogens with zero attached hydrogens (tertiary/aromatic N) is 1. The fourth-order valence-electron chi connectivity index (χ4n) is 2.85. The Hall–Kier alpha value is -1.89. The third-order valence-corrected chi connectivity index (χ3v) is 4.65. The Morgan fingerprint density at radius 1 is 1.05 bits per heavy atom. The van der Waals surface area contributed by atoms with E-state index in [0.29, 0.717) is 0 Å². The Kier molecular flexibility index (Phi) is 3.44. The molecule has 21 heavy (non-hydrogen) atoms. The minimum absolute atomic E-state index is 0.453. The SMILES string of the molecule is C[Si](C)(C)O[C@@H](C#N)c1ccc2c(c1)Cc1ccccc1-2. The number of hydrogen-bond acceptors (Lipinski definition) is 2. The molecule has 0 saturated heterocycles. The van der Waals surface area contributed by atoms with Crippen molar-refractivity contribution in [3.8, 4) is 17.2 Å². The van der Waals surface area contributed by atoms with E-state index in [9.17, 15) is 5.26 Å². The zero-order valence-corrected chi connectivity index (χ0v) is 13.7. The quantitative estimate of drug-likeness (QED) is 0.657. The van der Waals surface area contributed by atoms with E-state index in [1.807, 2.05) is 6.07 Å². The average molecular weight is 293 g/mol. The van der Waals surface area contributed by atoms with Crippen molar-refractivity contribution < 1.29 is 4.43 Å². The van der Waals surface area contributed by atoms with Gasteiger partial charge in [0, 0.05) is 0 Å². The van der Waals surface area contributed by atoms with Crippen LogP contribution < -0.4 is 0 Å². The van der Waals surface area contributed by atoms with Crippen LogP contribution in [0.3, 0.4) is 0 Å². The number of benzene rings is 2. The Balaban J connectivity index is 1.95. The van der Waals surface area contributed by atoms with Crippen LogP contribution in [0.25, 0.3) is 11.1 Å². The highest BCUT2D eigenvalue weighted by Gasteiger charge is 2.24. The first-order valence-corrected chi connectivity index (χ1v) is 10.7. The van der Waals surface area contributed by atoms with Gasteiger partial charge in [-0.15, -0.1) is 0 Å². The number of fused-ring (bicyclic) bond motifs is 3. The fourth-order valence-corrected chi connectivity index (χ4v) is 3.75. The molecule has 0 unspecified atom stereocenters. The zero-order chi connectivity index (χ0) is 15.0. The second-order valence-electron chi connectivity index (χ2n) is 6.49. The smallest absolute Gasteiger partial charge is 0.186 e. The highest BCUT2D eigenvalue weighted by Crippen LogP contribution is 2.38. The van der Waals surface area contributed by atoms with Crippen LogP contribution in [0.2, 0.25) is 19.6 Å². The van der Waals surface area contributed by atoms with Gasteiger partial charge in [0.2, 0.25) is 0 Å². The summed E-state index contributed by atoms with van der Waals surface area (Å²) in [5.74, 6) is 0. The van der Waals surface area contributed by atoms with Gasteiger partial charge in [0.25, 0.3) is 0 Å². The van der Waals surface area contributed by atoms with Crippen LogP contribution in [0.4, 0.5) is 0 Å². The third-order valence-electron chi connectivity index (χ3n) is 3.71. The summed E-state index contributed by atoms with van der Waals surface area (Å²) in [5.41, 5.74) is 6.25. The van der Waals surface area contributed by atoms with Crippen LogP contribution in [-0.2, 0) is 10.8 Å². The molecule has 2 aromatic rings. The van der Waals surface area contributed by atoms with Crippen LogP contribution >= 0.6 is 0 Å². The second kappa shape index (κ2) is 5.14. The standard InChI is InChI=1S/C18H19NOSi/c1-21(2,3)20-18(12-19)14-8-9-17-15(11-14)10-13-6-4-5-7-16(13)17/h4-9,11,18H,10H2,1-3H3/t18-/m0/s1. The molecule has 1 atom stereocenters. The molecule has 0 saturated carbocycles. The number of hydrogen-bond donors (Lipinski definition) is 0. The lowest BCUT2D eigenvalue weighted by atomic mass is 10.0. The molecule has 0 radical (unpaired) electrons. The van der Waals surface area contributed by atoms with Crippen molar-refractivity contribution in [1.29, 1.82) is 5.26 Å². The van der Waals surface area contributed by atoms with E-state index in [1.165, 1.54) is 22.3 Å². The van der Waals surface area contributed by atoms with Crippen molar-refractivity contribution in [3.05, 3.63) is 59.2 Å². The molecule has 1 aliphatic carbocycles. The summed E-state index contributed by atoms with van der Waals surface area (Å²) < 4.78 is 5.99. The summed E-state index contributed by atoms with van der Waals surface area (Å²) in [6, 6.07) is 17.1. The van der Waals surface area contributed by atoms with Crippen LogP contribution in [0, 0.1) is 11.3 Å². The maximum Gasteiger partial charge on any atom is 0.186 e. The molecule has 1 aliphatic rings. The lowest BCUT2D eigenvalue weighted by Crippen LogP contribution is -2.27. The first kappa shape index (κ1) is 14.1. The van der Waals surface area contributed by atoms with Gasteiger partial charge in [-0.2, -0.15) is 5.26 Å². The van der Waals surface area contributed by atoms with Crippen molar-refractivity contribution in [2.75, 3.05) is 0 Å². The van der Waals surface area contributed by atoms with Gasteiger partial charge >= 0.3 is 0 Å². The summed E-state index contributed by atoms with van der Waals surface area (Å²) in [4.78, 5) is 0. The highest BCUT2D eigenvalue weighted by atomic mass is 28.4. The first-order valence-electron chi connectivity index (χ1n) is 7.26. The monoisotopic (exact) mass is 293 g/mol. The summed E-state index contributed by atoms with van der Waals surface area (Å²) in [7, 11) is -1.74. The Morgan fingerprint density at radius 3 is 2.48 bits per heavy atom. The van der Waals surface area contributed by atoms with Gasteiger partial charge in [-0.3, -0.25) is 0 Å². The fraction of sp³-hybridized carbons (Fsp3) is 0.278. The van der Waals surface area contributed by atoms with E-state index in [-0.39, 0.29) is 0 Å². The largest absolute Gasteiger partial charge is 0.399 e. The molecule has 0 fully saturated rings. The lowest BCUT2D eigenvalue weighted by molar-refractivity contribution is 0.255. The van der Waals surface area contributed by atoms with Crippen molar-refractivity contribution in [3.63, 3.8) is 0 Å². The van der Waals surface area contributed by atoms with E-state index in [2.05, 4.69) is 62.1 Å². The maximum absolute atomic E-state index is 9.41. The van der Waals surface area contributed by atoms with Gasteiger partial charge in [0.05, 0.1) is 6.07 Å². The first-order chi connectivity index (χ1) is 9.98.